The Hall–Kier alpha value is -2.75. The number of hydrogen-bond donors (Lipinski definition) is 0. The highest BCUT2D eigenvalue weighted by Gasteiger charge is 2.41. The van der Waals surface area contributed by atoms with Crippen molar-refractivity contribution in [2.45, 2.75) is 6.18 Å². The van der Waals surface area contributed by atoms with Crippen molar-refractivity contribution in [2.24, 2.45) is 0 Å². The summed E-state index contributed by atoms with van der Waals surface area (Å²) in [5, 5.41) is 0. The number of esters is 2. The molecule has 0 unspecified atom stereocenters. The predicted octanol–water partition coefficient (Wildman–Crippen LogP) is 2.11. The van der Waals surface area contributed by atoms with Crippen LogP contribution in [0.2, 0.25) is 0 Å². The molecular weight excluding hydrogens is 359 g/mol. The molecule has 0 radical (unpaired) electrons. The maximum atomic E-state index is 13.6. The average molecular weight is 375 g/mol. The molecule has 0 aromatic heterocycles. The fraction of sp³-hybridized carbons (Fsp3) is 0.375. The summed E-state index contributed by atoms with van der Waals surface area (Å²) in [6.07, 6.45) is -4.79. The summed E-state index contributed by atoms with van der Waals surface area (Å²) >= 11 is 0. The Morgan fingerprint density at radius 1 is 1.12 bits per heavy atom. The van der Waals surface area contributed by atoms with Crippen LogP contribution >= 0.6 is 0 Å². The van der Waals surface area contributed by atoms with Gasteiger partial charge >= 0.3 is 18.1 Å². The van der Waals surface area contributed by atoms with Gasteiger partial charge in [0.1, 0.15) is 23.7 Å². The molecule has 0 atom stereocenters. The molecule has 0 saturated heterocycles. The Kier molecular flexibility index (Phi) is 5.76. The lowest BCUT2D eigenvalue weighted by Gasteiger charge is -2.33. The molecule has 10 heteroatoms. The van der Waals surface area contributed by atoms with Gasteiger partial charge in [-0.2, -0.15) is 13.2 Å². The van der Waals surface area contributed by atoms with Crippen LogP contribution < -0.4 is 9.64 Å². The Labute approximate surface area is 146 Å². The predicted molar refractivity (Wildman–Crippen MR) is 82.4 cm³/mol. The van der Waals surface area contributed by atoms with Crippen molar-refractivity contribution in [3.8, 4) is 5.75 Å². The second-order valence-electron chi connectivity index (χ2n) is 5.07. The maximum Gasteiger partial charge on any atom is 0.421 e. The van der Waals surface area contributed by atoms with Crippen LogP contribution in [0.3, 0.4) is 0 Å². The standard InChI is InChI=1S/C16H16F3NO6/c1-23-11-6-4-5-10(12(11)16(17,18)19)20-8-26-7-9(14(21)24-2)13(20)15(22)25-3/h4-6H,7-8H2,1-3H3. The Bertz CT molecular complexity index is 744. The number of carbonyl (C=O) groups excluding carboxylic acids is 2. The third kappa shape index (κ3) is 3.59. The summed E-state index contributed by atoms with van der Waals surface area (Å²) in [6.45, 7) is -0.708. The second kappa shape index (κ2) is 7.65. The van der Waals surface area contributed by atoms with Gasteiger partial charge in [0, 0.05) is 0 Å². The zero-order valence-corrected chi connectivity index (χ0v) is 14.2. The topological polar surface area (TPSA) is 74.3 Å². The average Bonchev–Trinajstić information content (AvgIpc) is 2.64. The van der Waals surface area contributed by atoms with E-state index in [0.717, 1.165) is 38.4 Å². The van der Waals surface area contributed by atoms with E-state index in [2.05, 4.69) is 9.47 Å². The highest BCUT2D eigenvalue weighted by atomic mass is 19.4. The maximum absolute atomic E-state index is 13.6. The van der Waals surface area contributed by atoms with Crippen molar-refractivity contribution in [3.05, 3.63) is 35.0 Å². The molecule has 7 nitrogen and oxygen atoms in total. The minimum absolute atomic E-state index is 0.249. The molecule has 0 N–H and O–H groups in total. The molecule has 0 aliphatic carbocycles. The van der Waals surface area contributed by atoms with Crippen molar-refractivity contribution in [3.63, 3.8) is 0 Å². The van der Waals surface area contributed by atoms with Gasteiger partial charge in [0.15, 0.2) is 0 Å². The largest absolute Gasteiger partial charge is 0.496 e. The first-order chi connectivity index (χ1) is 12.3. The van der Waals surface area contributed by atoms with E-state index in [0.29, 0.717) is 0 Å². The number of methoxy groups -OCH3 is 3. The highest BCUT2D eigenvalue weighted by Crippen LogP contribution is 2.44. The van der Waals surface area contributed by atoms with Crippen LogP contribution in [0.1, 0.15) is 5.56 Å². The minimum atomic E-state index is -4.79. The van der Waals surface area contributed by atoms with E-state index < -0.39 is 41.8 Å². The van der Waals surface area contributed by atoms with Crippen LogP contribution in [-0.4, -0.2) is 46.6 Å². The summed E-state index contributed by atoms with van der Waals surface area (Å²) in [4.78, 5) is 25.0. The first kappa shape index (κ1) is 19.6. The molecule has 2 rings (SSSR count). The number of rotatable bonds is 4. The van der Waals surface area contributed by atoms with Crippen molar-refractivity contribution < 1.29 is 41.7 Å². The molecule has 1 aliphatic rings. The van der Waals surface area contributed by atoms with Crippen LogP contribution in [0.5, 0.6) is 5.75 Å². The zero-order chi connectivity index (χ0) is 19.5. The molecule has 0 spiro atoms. The summed E-state index contributed by atoms with van der Waals surface area (Å²) < 4.78 is 60.1. The third-order valence-electron chi connectivity index (χ3n) is 3.63. The zero-order valence-electron chi connectivity index (χ0n) is 14.2. The molecule has 1 aromatic rings. The van der Waals surface area contributed by atoms with Crippen LogP contribution in [0.15, 0.2) is 29.5 Å². The first-order valence-corrected chi connectivity index (χ1v) is 7.25. The first-order valence-electron chi connectivity index (χ1n) is 7.25. The van der Waals surface area contributed by atoms with Crippen LogP contribution in [0, 0.1) is 0 Å². The minimum Gasteiger partial charge on any atom is -0.496 e. The van der Waals surface area contributed by atoms with Crippen LogP contribution in [0.4, 0.5) is 18.9 Å². The molecule has 142 valence electrons. The molecular formula is C16H16F3NO6. The molecule has 1 aliphatic heterocycles. The molecule has 0 fully saturated rings. The van der Waals surface area contributed by atoms with E-state index in [9.17, 15) is 22.8 Å². The van der Waals surface area contributed by atoms with Gasteiger partial charge in [-0.05, 0) is 12.1 Å². The molecule has 1 heterocycles. The van der Waals surface area contributed by atoms with E-state index in [1.807, 2.05) is 0 Å². The van der Waals surface area contributed by atoms with Gasteiger partial charge in [0.25, 0.3) is 0 Å². The van der Waals surface area contributed by atoms with E-state index in [4.69, 9.17) is 9.47 Å². The van der Waals surface area contributed by atoms with Gasteiger partial charge in [-0.3, -0.25) is 0 Å². The summed E-state index contributed by atoms with van der Waals surface area (Å²) in [6, 6.07) is 3.60. The Balaban J connectivity index is 2.74. The third-order valence-corrected chi connectivity index (χ3v) is 3.63. The number of benzene rings is 1. The Morgan fingerprint density at radius 3 is 2.31 bits per heavy atom. The number of nitrogens with zero attached hydrogens (tertiary/aromatic N) is 1. The number of alkyl halides is 3. The van der Waals surface area contributed by atoms with Crippen molar-refractivity contribution in [2.75, 3.05) is 39.6 Å². The quantitative estimate of drug-likeness (QED) is 0.746. The molecule has 0 bridgehead atoms. The monoisotopic (exact) mass is 375 g/mol. The normalized spacial score (nSPS) is 14.9. The molecule has 0 amide bonds. The fourth-order valence-corrected chi connectivity index (χ4v) is 2.53. The van der Waals surface area contributed by atoms with Crippen LogP contribution in [-0.2, 0) is 30.0 Å². The van der Waals surface area contributed by atoms with Crippen molar-refractivity contribution in [1.82, 2.24) is 0 Å². The van der Waals surface area contributed by atoms with E-state index in [1.54, 1.807) is 0 Å². The van der Waals surface area contributed by atoms with Crippen LogP contribution in [0.25, 0.3) is 0 Å². The van der Waals surface area contributed by atoms with Gasteiger partial charge in [-0.1, -0.05) is 6.07 Å². The Morgan fingerprint density at radius 2 is 1.77 bits per heavy atom. The number of carbonyl (C=O) groups is 2. The second-order valence-corrected chi connectivity index (χ2v) is 5.07. The number of ether oxygens (including phenoxy) is 4. The SMILES string of the molecule is COC(=O)C1=C(C(=O)OC)N(c2cccc(OC)c2C(F)(F)F)COC1. The lowest BCUT2D eigenvalue weighted by molar-refractivity contribution is -0.141. The molecule has 26 heavy (non-hydrogen) atoms. The highest BCUT2D eigenvalue weighted by molar-refractivity contribution is 6.03. The molecule has 0 saturated carbocycles. The van der Waals surface area contributed by atoms with Gasteiger partial charge in [0.2, 0.25) is 0 Å². The lowest BCUT2D eigenvalue weighted by Crippen LogP contribution is -2.39. The number of halogens is 3. The van der Waals surface area contributed by atoms with E-state index in [1.165, 1.54) is 6.07 Å². The summed E-state index contributed by atoms with van der Waals surface area (Å²) in [5.41, 5.74) is -2.16. The smallest absolute Gasteiger partial charge is 0.421 e. The number of hydrogen-bond acceptors (Lipinski definition) is 7. The van der Waals surface area contributed by atoms with E-state index in [-0.39, 0.29) is 17.9 Å². The van der Waals surface area contributed by atoms with E-state index >= 15 is 0 Å². The van der Waals surface area contributed by atoms with Crippen molar-refractivity contribution in [1.29, 1.82) is 0 Å². The molecule has 1 aromatic carbocycles. The van der Waals surface area contributed by atoms with Gasteiger partial charge in [0.05, 0.1) is 39.2 Å². The summed E-state index contributed by atoms with van der Waals surface area (Å²) in [5.74, 6) is -2.35. The van der Waals surface area contributed by atoms with Gasteiger partial charge < -0.3 is 23.8 Å². The summed E-state index contributed by atoms with van der Waals surface area (Å²) in [7, 11) is 3.22. The van der Waals surface area contributed by atoms with Crippen molar-refractivity contribution >= 4 is 17.6 Å². The number of anilines is 1. The fourth-order valence-electron chi connectivity index (χ4n) is 2.53. The van der Waals surface area contributed by atoms with Gasteiger partial charge in [-0.25, -0.2) is 9.59 Å². The van der Waals surface area contributed by atoms with Gasteiger partial charge in [-0.15, -0.1) is 0 Å². The lowest BCUT2D eigenvalue weighted by atomic mass is 10.1.